The Labute approximate surface area is 191 Å². The van der Waals surface area contributed by atoms with Gasteiger partial charge in [-0.15, -0.1) is 0 Å². The quantitative estimate of drug-likeness (QED) is 0.626. The number of carbonyl (C=O) groups is 2. The summed E-state index contributed by atoms with van der Waals surface area (Å²) in [7, 11) is 1.61. The van der Waals surface area contributed by atoms with Crippen molar-refractivity contribution in [3.05, 3.63) is 65.2 Å². The number of hydrogen-bond acceptors (Lipinski definition) is 4. The fourth-order valence-electron chi connectivity index (χ4n) is 4.13. The zero-order valence-electron chi connectivity index (χ0n) is 19.4. The van der Waals surface area contributed by atoms with Gasteiger partial charge in [0.1, 0.15) is 5.75 Å². The number of hydrogen-bond donors (Lipinski definition) is 2. The number of nitrogens with zero attached hydrogens (tertiary/aromatic N) is 1. The van der Waals surface area contributed by atoms with E-state index in [4.69, 9.17) is 4.74 Å². The van der Waals surface area contributed by atoms with Crippen molar-refractivity contribution < 1.29 is 14.3 Å². The van der Waals surface area contributed by atoms with Crippen molar-refractivity contribution in [1.29, 1.82) is 0 Å². The van der Waals surface area contributed by atoms with Crippen molar-refractivity contribution in [3.8, 4) is 5.75 Å². The van der Waals surface area contributed by atoms with Crippen molar-refractivity contribution in [2.75, 3.05) is 20.2 Å². The van der Waals surface area contributed by atoms with E-state index in [1.54, 1.807) is 7.11 Å². The zero-order chi connectivity index (χ0) is 22.9. The van der Waals surface area contributed by atoms with Crippen LogP contribution < -0.4 is 15.4 Å². The van der Waals surface area contributed by atoms with Crippen LogP contribution in [0.3, 0.4) is 0 Å². The molecular weight excluding hydrogens is 402 g/mol. The van der Waals surface area contributed by atoms with E-state index in [9.17, 15) is 9.59 Å². The van der Waals surface area contributed by atoms with E-state index >= 15 is 0 Å². The highest BCUT2D eigenvalue weighted by atomic mass is 16.5. The summed E-state index contributed by atoms with van der Waals surface area (Å²) in [5, 5.41) is 5.93. The molecule has 6 nitrogen and oxygen atoms in total. The fourth-order valence-corrected chi connectivity index (χ4v) is 4.13. The highest BCUT2D eigenvalue weighted by molar-refractivity contribution is 5.79. The first-order chi connectivity index (χ1) is 15.4. The lowest BCUT2D eigenvalue weighted by Gasteiger charge is -2.30. The van der Waals surface area contributed by atoms with Gasteiger partial charge < -0.3 is 15.4 Å². The van der Waals surface area contributed by atoms with E-state index in [-0.39, 0.29) is 24.3 Å². The average molecular weight is 438 g/mol. The Morgan fingerprint density at radius 2 is 1.72 bits per heavy atom. The molecule has 1 aliphatic rings. The van der Waals surface area contributed by atoms with E-state index < -0.39 is 0 Å². The number of ether oxygens (including phenoxy) is 1. The lowest BCUT2D eigenvalue weighted by Crippen LogP contribution is -2.34. The molecule has 1 heterocycles. The second-order valence-corrected chi connectivity index (χ2v) is 8.73. The van der Waals surface area contributed by atoms with Crippen molar-refractivity contribution >= 4 is 11.8 Å². The van der Waals surface area contributed by atoms with E-state index in [1.165, 1.54) is 25.3 Å². The van der Waals surface area contributed by atoms with Gasteiger partial charge >= 0.3 is 0 Å². The maximum atomic E-state index is 12.7. The van der Waals surface area contributed by atoms with Gasteiger partial charge in [-0.3, -0.25) is 14.5 Å². The van der Waals surface area contributed by atoms with E-state index in [1.807, 2.05) is 30.3 Å². The van der Waals surface area contributed by atoms with Gasteiger partial charge in [-0.25, -0.2) is 0 Å². The van der Waals surface area contributed by atoms with Crippen LogP contribution in [0, 0.1) is 5.92 Å². The Bertz CT molecular complexity index is 889. The number of carbonyl (C=O) groups excluding carboxylic acids is 2. The van der Waals surface area contributed by atoms with Gasteiger partial charge in [0.2, 0.25) is 11.8 Å². The van der Waals surface area contributed by atoms with Crippen LogP contribution in [0.2, 0.25) is 0 Å². The van der Waals surface area contributed by atoms with E-state index in [0.717, 1.165) is 42.4 Å². The molecule has 1 unspecified atom stereocenters. The highest BCUT2D eigenvalue weighted by Gasteiger charge is 2.19. The molecule has 32 heavy (non-hydrogen) atoms. The normalized spacial score (nSPS) is 15.7. The van der Waals surface area contributed by atoms with Gasteiger partial charge in [0.05, 0.1) is 19.6 Å². The maximum Gasteiger partial charge on any atom is 0.222 e. The zero-order valence-corrected chi connectivity index (χ0v) is 19.4. The number of methoxy groups -OCH3 is 1. The molecule has 172 valence electrons. The van der Waals surface area contributed by atoms with Gasteiger partial charge in [0, 0.05) is 20.0 Å². The van der Waals surface area contributed by atoms with Crippen LogP contribution in [0.5, 0.6) is 5.75 Å². The molecule has 2 aromatic carbocycles. The molecule has 2 N–H and O–H groups in total. The Kier molecular flexibility index (Phi) is 8.68. The van der Waals surface area contributed by atoms with Gasteiger partial charge in [0.25, 0.3) is 0 Å². The molecule has 2 aromatic rings. The van der Waals surface area contributed by atoms with E-state index in [2.05, 4.69) is 40.7 Å². The summed E-state index contributed by atoms with van der Waals surface area (Å²) in [6.45, 7) is 7.44. The number of nitrogens with one attached hydrogen (secondary N) is 2. The summed E-state index contributed by atoms with van der Waals surface area (Å²) in [4.78, 5) is 26.9. The molecule has 0 saturated carbocycles. The van der Waals surface area contributed by atoms with Crippen LogP contribution in [0.25, 0.3) is 0 Å². The van der Waals surface area contributed by atoms with Crippen molar-refractivity contribution in [2.24, 2.45) is 5.92 Å². The molecule has 0 spiro atoms. The minimum Gasteiger partial charge on any atom is -0.497 e. The summed E-state index contributed by atoms with van der Waals surface area (Å²) >= 11 is 0. The summed E-state index contributed by atoms with van der Waals surface area (Å²) in [5.41, 5.74) is 3.27. The first-order valence-electron chi connectivity index (χ1n) is 11.4. The molecular formula is C26H35N3O3. The van der Waals surface area contributed by atoms with Crippen molar-refractivity contribution in [3.63, 3.8) is 0 Å². The molecule has 1 fully saturated rings. The molecule has 1 saturated heterocycles. The number of piperidine rings is 1. The molecule has 2 amide bonds. The number of likely N-dealkylation sites (tertiary alicyclic amines) is 1. The summed E-state index contributed by atoms with van der Waals surface area (Å²) in [5.74, 6) is 1.28. The highest BCUT2D eigenvalue weighted by Crippen LogP contribution is 2.22. The molecule has 0 aliphatic carbocycles. The Hall–Kier alpha value is -2.86. The van der Waals surface area contributed by atoms with Gasteiger partial charge in [-0.1, -0.05) is 43.3 Å². The van der Waals surface area contributed by atoms with E-state index in [0.29, 0.717) is 6.54 Å². The van der Waals surface area contributed by atoms with Crippen molar-refractivity contribution in [2.45, 2.75) is 52.2 Å². The molecule has 6 heteroatoms. The second-order valence-electron chi connectivity index (χ2n) is 8.73. The third kappa shape index (κ3) is 7.09. The Morgan fingerprint density at radius 3 is 2.34 bits per heavy atom. The molecule has 0 aromatic heterocycles. The minimum atomic E-state index is -0.385. The van der Waals surface area contributed by atoms with Gasteiger partial charge in [-0.05, 0) is 60.7 Å². The fraction of sp³-hybridized carbons (Fsp3) is 0.462. The first kappa shape index (κ1) is 23.8. The molecule has 1 atom stereocenters. The SMILES string of the molecule is COc1ccc(C(CC(=O)NCc2ccccc2CN2CCC(C)CC2)NC(C)=O)cc1. The van der Waals surface area contributed by atoms with Crippen molar-refractivity contribution in [1.82, 2.24) is 15.5 Å². The molecule has 0 radical (unpaired) electrons. The topological polar surface area (TPSA) is 70.7 Å². The summed E-state index contributed by atoms with van der Waals surface area (Å²) in [6.07, 6.45) is 2.67. The first-order valence-corrected chi connectivity index (χ1v) is 11.4. The molecule has 1 aliphatic heterocycles. The van der Waals surface area contributed by atoms with Gasteiger partial charge in [0.15, 0.2) is 0 Å². The lowest BCUT2D eigenvalue weighted by atomic mass is 9.98. The Morgan fingerprint density at radius 1 is 1.06 bits per heavy atom. The van der Waals surface area contributed by atoms with Gasteiger partial charge in [-0.2, -0.15) is 0 Å². The van der Waals surface area contributed by atoms with Crippen LogP contribution in [0.4, 0.5) is 0 Å². The maximum absolute atomic E-state index is 12.7. The predicted octanol–water partition coefficient (Wildman–Crippen LogP) is 3.81. The minimum absolute atomic E-state index is 0.0961. The number of rotatable bonds is 9. The summed E-state index contributed by atoms with van der Waals surface area (Å²) < 4.78 is 5.20. The van der Waals surface area contributed by atoms with Crippen LogP contribution >= 0.6 is 0 Å². The third-order valence-corrected chi connectivity index (χ3v) is 6.15. The monoisotopic (exact) mass is 437 g/mol. The smallest absolute Gasteiger partial charge is 0.222 e. The van der Waals surface area contributed by atoms with Crippen LogP contribution in [-0.4, -0.2) is 36.9 Å². The second kappa shape index (κ2) is 11.7. The largest absolute Gasteiger partial charge is 0.497 e. The standard InChI is InChI=1S/C26H35N3O3/c1-19-12-14-29(15-13-19)18-23-7-5-4-6-22(23)17-27-26(31)16-25(28-20(2)30)21-8-10-24(32-3)11-9-21/h4-11,19,25H,12-18H2,1-3H3,(H,27,31)(H,28,30). The number of benzene rings is 2. The molecule has 3 rings (SSSR count). The van der Waals surface area contributed by atoms with Crippen LogP contribution in [0.1, 0.15) is 55.8 Å². The lowest BCUT2D eigenvalue weighted by molar-refractivity contribution is -0.122. The molecule has 0 bridgehead atoms. The third-order valence-electron chi connectivity index (χ3n) is 6.15. The Balaban J connectivity index is 1.59. The van der Waals surface area contributed by atoms with Crippen LogP contribution in [0.15, 0.2) is 48.5 Å². The summed E-state index contributed by atoms with van der Waals surface area (Å²) in [6, 6.07) is 15.3. The van der Waals surface area contributed by atoms with Crippen LogP contribution in [-0.2, 0) is 22.7 Å². The number of amides is 2. The predicted molar refractivity (Wildman–Crippen MR) is 126 cm³/mol. The average Bonchev–Trinajstić information content (AvgIpc) is 2.79.